The molecule has 0 aromatic carbocycles. The molecule has 0 atom stereocenters. The number of hydrogen-bond acceptors (Lipinski definition) is 7. The smallest absolute Gasteiger partial charge is 0.348 e. The Morgan fingerprint density at radius 3 is 2.78 bits per heavy atom. The van der Waals surface area contributed by atoms with Gasteiger partial charge < -0.3 is 10.5 Å². The molecule has 23 heavy (non-hydrogen) atoms. The molecule has 2 N–H and O–H groups in total. The van der Waals surface area contributed by atoms with Crippen LogP contribution in [0, 0.1) is 18.3 Å². The summed E-state index contributed by atoms with van der Waals surface area (Å²) >= 11 is 2.83. The van der Waals surface area contributed by atoms with E-state index in [0.29, 0.717) is 34.2 Å². The summed E-state index contributed by atoms with van der Waals surface area (Å²) < 4.78 is 5.08. The number of esters is 1. The number of nitrogens with zero attached hydrogens (tertiary/aromatic N) is 2. The van der Waals surface area contributed by atoms with Gasteiger partial charge in [-0.2, -0.15) is 5.26 Å². The number of ether oxygens (including phenoxy) is 1. The number of nitriles is 1. The molecule has 0 bridgehead atoms. The molecule has 0 aliphatic carbocycles. The fourth-order valence-electron chi connectivity index (χ4n) is 2.26. The van der Waals surface area contributed by atoms with E-state index in [1.807, 2.05) is 7.05 Å². The first kappa shape index (κ1) is 17.5. The van der Waals surface area contributed by atoms with Gasteiger partial charge in [-0.25, -0.2) is 4.79 Å². The lowest BCUT2D eigenvalue weighted by molar-refractivity contribution is 0.0530. The third-order valence-corrected chi connectivity index (χ3v) is 5.47. The second-order valence-corrected chi connectivity index (χ2v) is 7.23. The highest BCUT2D eigenvalue weighted by Gasteiger charge is 2.23. The van der Waals surface area contributed by atoms with E-state index in [1.165, 1.54) is 10.4 Å². The number of carbonyl (C=O) groups is 1. The van der Waals surface area contributed by atoms with Gasteiger partial charge in [0.1, 0.15) is 15.9 Å². The van der Waals surface area contributed by atoms with Gasteiger partial charge in [0, 0.05) is 23.5 Å². The molecule has 2 rings (SSSR count). The Labute approximate surface area is 143 Å². The van der Waals surface area contributed by atoms with Crippen LogP contribution in [0.3, 0.4) is 0 Å². The molecule has 2 aromatic heterocycles. The molecule has 0 radical (unpaired) electrons. The zero-order valence-corrected chi connectivity index (χ0v) is 15.0. The Bertz CT molecular complexity index is 743. The van der Waals surface area contributed by atoms with E-state index < -0.39 is 5.97 Å². The van der Waals surface area contributed by atoms with Crippen molar-refractivity contribution >= 4 is 33.6 Å². The topological polar surface area (TPSA) is 79.3 Å². The summed E-state index contributed by atoms with van der Waals surface area (Å²) in [4.78, 5) is 15.9. The molecule has 0 fully saturated rings. The highest BCUT2D eigenvalue weighted by molar-refractivity contribution is 7.18. The van der Waals surface area contributed by atoms with Gasteiger partial charge in [-0.15, -0.1) is 22.7 Å². The van der Waals surface area contributed by atoms with Crippen molar-refractivity contribution in [1.82, 2.24) is 4.90 Å². The summed E-state index contributed by atoms with van der Waals surface area (Å²) in [6.45, 7) is 5.36. The Kier molecular flexibility index (Phi) is 5.77. The highest BCUT2D eigenvalue weighted by atomic mass is 32.1. The fourth-order valence-corrected chi connectivity index (χ4v) is 4.17. The standard InChI is InChI=1S/C16H19N3O2S2/c1-4-21-16(20)14-12(11(7-17)15(18)23-14)8-19(3)9-13-10(2)5-6-22-13/h5-6H,4,8-9,18H2,1-3H3. The summed E-state index contributed by atoms with van der Waals surface area (Å²) in [5, 5.41) is 11.8. The number of nitrogen functional groups attached to an aromatic ring is 1. The number of thiophene rings is 2. The van der Waals surface area contributed by atoms with Crippen LogP contribution in [0.4, 0.5) is 5.00 Å². The molecule has 5 nitrogen and oxygen atoms in total. The minimum absolute atomic E-state index is 0.294. The van der Waals surface area contributed by atoms with E-state index in [4.69, 9.17) is 10.5 Å². The van der Waals surface area contributed by atoms with Crippen LogP contribution in [-0.4, -0.2) is 24.5 Å². The molecule has 7 heteroatoms. The first-order chi connectivity index (χ1) is 11.0. The fraction of sp³-hybridized carbons (Fsp3) is 0.375. The number of rotatable bonds is 6. The van der Waals surface area contributed by atoms with Crippen LogP contribution in [0.1, 0.15) is 38.2 Å². The van der Waals surface area contributed by atoms with Gasteiger partial charge in [0.2, 0.25) is 0 Å². The van der Waals surface area contributed by atoms with Crippen molar-refractivity contribution in [3.63, 3.8) is 0 Å². The molecular weight excluding hydrogens is 330 g/mol. The second-order valence-electron chi connectivity index (χ2n) is 5.18. The molecule has 0 saturated carbocycles. The molecule has 122 valence electrons. The van der Waals surface area contributed by atoms with E-state index in [2.05, 4.69) is 29.3 Å². The van der Waals surface area contributed by atoms with Gasteiger partial charge in [-0.3, -0.25) is 4.90 Å². The van der Waals surface area contributed by atoms with Crippen molar-refractivity contribution in [2.45, 2.75) is 26.9 Å². The van der Waals surface area contributed by atoms with Crippen LogP contribution in [-0.2, 0) is 17.8 Å². The summed E-state index contributed by atoms with van der Waals surface area (Å²) in [5.41, 5.74) is 8.18. The van der Waals surface area contributed by atoms with Crippen LogP contribution in [0.15, 0.2) is 11.4 Å². The molecular formula is C16H19N3O2S2. The lowest BCUT2D eigenvalue weighted by Gasteiger charge is -2.17. The third kappa shape index (κ3) is 3.91. The van der Waals surface area contributed by atoms with Gasteiger partial charge in [0.05, 0.1) is 12.2 Å². The molecule has 2 heterocycles. The Morgan fingerprint density at radius 2 is 2.22 bits per heavy atom. The first-order valence-corrected chi connectivity index (χ1v) is 8.87. The number of carbonyl (C=O) groups excluding carboxylic acids is 1. The summed E-state index contributed by atoms with van der Waals surface area (Å²) in [6.07, 6.45) is 0. The van der Waals surface area contributed by atoms with E-state index in [0.717, 1.165) is 17.9 Å². The predicted octanol–water partition coefficient (Wildman–Crippen LogP) is 3.38. The summed E-state index contributed by atoms with van der Waals surface area (Å²) in [7, 11) is 1.96. The molecule has 0 aliphatic rings. The van der Waals surface area contributed by atoms with Crippen molar-refractivity contribution in [2.24, 2.45) is 0 Å². The van der Waals surface area contributed by atoms with Gasteiger partial charge >= 0.3 is 5.97 Å². The van der Waals surface area contributed by atoms with E-state index >= 15 is 0 Å². The zero-order valence-electron chi connectivity index (χ0n) is 13.4. The second kappa shape index (κ2) is 7.59. The van der Waals surface area contributed by atoms with Crippen molar-refractivity contribution in [3.05, 3.63) is 37.9 Å². The van der Waals surface area contributed by atoms with Gasteiger partial charge in [0.15, 0.2) is 0 Å². The lowest BCUT2D eigenvalue weighted by atomic mass is 10.1. The van der Waals surface area contributed by atoms with Crippen LogP contribution in [0.25, 0.3) is 0 Å². The Balaban J connectivity index is 2.25. The maximum absolute atomic E-state index is 12.1. The summed E-state index contributed by atoms with van der Waals surface area (Å²) in [5.74, 6) is -0.415. The van der Waals surface area contributed by atoms with Crippen LogP contribution in [0.5, 0.6) is 0 Å². The average molecular weight is 349 g/mol. The number of hydrogen-bond donors (Lipinski definition) is 1. The number of anilines is 1. The van der Waals surface area contributed by atoms with Crippen molar-refractivity contribution in [3.8, 4) is 6.07 Å². The lowest BCUT2D eigenvalue weighted by Crippen LogP contribution is -2.19. The highest BCUT2D eigenvalue weighted by Crippen LogP contribution is 2.32. The predicted molar refractivity (Wildman–Crippen MR) is 93.6 cm³/mol. The van der Waals surface area contributed by atoms with E-state index in [9.17, 15) is 10.1 Å². The molecule has 0 aliphatic heterocycles. The van der Waals surface area contributed by atoms with Gasteiger partial charge in [0.25, 0.3) is 0 Å². The van der Waals surface area contributed by atoms with Gasteiger partial charge in [-0.1, -0.05) is 0 Å². The quantitative estimate of drug-likeness (QED) is 0.809. The Morgan fingerprint density at radius 1 is 1.48 bits per heavy atom. The van der Waals surface area contributed by atoms with Crippen LogP contribution >= 0.6 is 22.7 Å². The van der Waals surface area contributed by atoms with Crippen LogP contribution in [0.2, 0.25) is 0 Å². The number of aryl methyl sites for hydroxylation is 1. The monoisotopic (exact) mass is 349 g/mol. The van der Waals surface area contributed by atoms with Crippen molar-refractivity contribution < 1.29 is 9.53 Å². The first-order valence-electron chi connectivity index (χ1n) is 7.17. The largest absolute Gasteiger partial charge is 0.462 e. The van der Waals surface area contributed by atoms with E-state index in [1.54, 1.807) is 18.3 Å². The van der Waals surface area contributed by atoms with Crippen molar-refractivity contribution in [1.29, 1.82) is 5.26 Å². The summed E-state index contributed by atoms with van der Waals surface area (Å²) in [6, 6.07) is 4.19. The van der Waals surface area contributed by atoms with Crippen LogP contribution < -0.4 is 5.73 Å². The SMILES string of the molecule is CCOC(=O)c1sc(N)c(C#N)c1CN(C)Cc1sccc1C. The zero-order chi connectivity index (χ0) is 17.0. The maximum Gasteiger partial charge on any atom is 0.348 e. The normalized spacial score (nSPS) is 10.7. The van der Waals surface area contributed by atoms with E-state index in [-0.39, 0.29) is 0 Å². The minimum Gasteiger partial charge on any atom is -0.462 e. The average Bonchev–Trinajstić information content (AvgIpc) is 3.03. The van der Waals surface area contributed by atoms with Gasteiger partial charge in [-0.05, 0) is 37.9 Å². The number of nitrogens with two attached hydrogens (primary N) is 1. The molecule has 0 saturated heterocycles. The minimum atomic E-state index is -0.415. The molecule has 0 amide bonds. The maximum atomic E-state index is 12.1. The Hall–Kier alpha value is -1.88. The third-order valence-electron chi connectivity index (χ3n) is 3.42. The molecule has 2 aromatic rings. The van der Waals surface area contributed by atoms with Crippen molar-refractivity contribution in [2.75, 3.05) is 19.4 Å². The molecule has 0 unspecified atom stereocenters. The molecule has 0 spiro atoms.